The smallest absolute Gasteiger partial charge is 0.293 e. The van der Waals surface area contributed by atoms with Crippen LogP contribution in [0.25, 0.3) is 0 Å². The Morgan fingerprint density at radius 3 is 2.69 bits per heavy atom. The minimum Gasteiger partial charge on any atom is -0.467 e. The summed E-state index contributed by atoms with van der Waals surface area (Å²) in [5.74, 6) is 0.156. The Balaban J connectivity index is 1.51. The second kappa shape index (κ2) is 9.39. The lowest BCUT2D eigenvalue weighted by Gasteiger charge is -2.25. The minimum atomic E-state index is -3.78. The van der Waals surface area contributed by atoms with Crippen LogP contribution in [-0.4, -0.2) is 44.1 Å². The van der Waals surface area contributed by atoms with Crippen LogP contribution in [0, 0.1) is 15.9 Å². The van der Waals surface area contributed by atoms with Gasteiger partial charge in [0.15, 0.2) is 6.79 Å². The molecule has 1 N–H and O–H groups in total. The number of ether oxygens (including phenoxy) is 2. The Morgan fingerprint density at radius 1 is 1.16 bits per heavy atom. The molecule has 0 spiro atoms. The predicted octanol–water partition coefficient (Wildman–Crippen LogP) is 3.43. The van der Waals surface area contributed by atoms with E-state index in [1.165, 1.54) is 28.6 Å². The molecule has 0 bridgehead atoms. The standard InChI is InChI=1S/C21H24FN3O6S/c22-17-10-15(21-16(11-17)13-30-14-31-21)6-7-23-19-5-4-18(12-20(19)25(26)27)32(28,29)24-8-2-1-3-9-24/h4-5,10-12,23H,1-3,6-9,13-14H2. The zero-order valence-electron chi connectivity index (χ0n) is 17.4. The molecule has 1 fully saturated rings. The van der Waals surface area contributed by atoms with Crippen molar-refractivity contribution in [2.75, 3.05) is 31.7 Å². The first kappa shape index (κ1) is 22.4. The third-order valence-corrected chi connectivity index (χ3v) is 7.47. The summed E-state index contributed by atoms with van der Waals surface area (Å²) in [4.78, 5) is 10.9. The zero-order chi connectivity index (χ0) is 22.7. The lowest BCUT2D eigenvalue weighted by molar-refractivity contribution is -0.384. The number of fused-ring (bicyclic) bond motifs is 1. The molecule has 2 aliphatic heterocycles. The van der Waals surface area contributed by atoms with Gasteiger partial charge in [0.25, 0.3) is 5.69 Å². The minimum absolute atomic E-state index is 0.0808. The molecule has 11 heteroatoms. The molecule has 2 aromatic carbocycles. The summed E-state index contributed by atoms with van der Waals surface area (Å²) in [7, 11) is -3.78. The van der Waals surface area contributed by atoms with Crippen LogP contribution >= 0.6 is 0 Å². The highest BCUT2D eigenvalue weighted by Crippen LogP contribution is 2.32. The highest BCUT2D eigenvalue weighted by atomic mass is 32.2. The summed E-state index contributed by atoms with van der Waals surface area (Å²) in [6.45, 7) is 1.44. The van der Waals surface area contributed by atoms with Gasteiger partial charge in [-0.05, 0) is 49.1 Å². The number of rotatable bonds is 7. The van der Waals surface area contributed by atoms with Crippen molar-refractivity contribution < 1.29 is 27.2 Å². The number of hydrogen-bond acceptors (Lipinski definition) is 7. The molecule has 2 aromatic rings. The van der Waals surface area contributed by atoms with E-state index >= 15 is 0 Å². The summed E-state index contributed by atoms with van der Waals surface area (Å²) < 4.78 is 51.7. The Labute approximate surface area is 185 Å². The van der Waals surface area contributed by atoms with Gasteiger partial charge in [0.2, 0.25) is 10.0 Å². The van der Waals surface area contributed by atoms with Crippen LogP contribution in [0.1, 0.15) is 30.4 Å². The fraction of sp³-hybridized carbons (Fsp3) is 0.429. The first-order valence-corrected chi connectivity index (χ1v) is 11.8. The maximum atomic E-state index is 13.9. The van der Waals surface area contributed by atoms with Crippen molar-refractivity contribution in [3.05, 3.63) is 57.4 Å². The molecule has 0 saturated carbocycles. The molecule has 2 heterocycles. The number of nitrogens with zero attached hydrogens (tertiary/aromatic N) is 2. The number of nitrogens with one attached hydrogen (secondary N) is 1. The Bertz CT molecular complexity index is 1120. The largest absolute Gasteiger partial charge is 0.467 e. The van der Waals surface area contributed by atoms with Crippen molar-refractivity contribution in [1.82, 2.24) is 4.31 Å². The van der Waals surface area contributed by atoms with Crippen molar-refractivity contribution in [2.24, 2.45) is 0 Å². The third-order valence-electron chi connectivity index (χ3n) is 5.58. The molecule has 172 valence electrons. The van der Waals surface area contributed by atoms with Crippen LogP contribution in [0.3, 0.4) is 0 Å². The molecular weight excluding hydrogens is 441 g/mol. The third kappa shape index (κ3) is 4.69. The monoisotopic (exact) mass is 465 g/mol. The van der Waals surface area contributed by atoms with Gasteiger partial charge in [-0.1, -0.05) is 6.42 Å². The van der Waals surface area contributed by atoms with Crippen molar-refractivity contribution in [3.8, 4) is 5.75 Å². The van der Waals surface area contributed by atoms with Gasteiger partial charge < -0.3 is 14.8 Å². The second-order valence-corrected chi connectivity index (χ2v) is 9.68. The first-order chi connectivity index (χ1) is 15.4. The molecule has 0 aliphatic carbocycles. The highest BCUT2D eigenvalue weighted by molar-refractivity contribution is 7.89. The van der Waals surface area contributed by atoms with Crippen molar-refractivity contribution in [2.45, 2.75) is 37.2 Å². The van der Waals surface area contributed by atoms with Gasteiger partial charge in [-0.2, -0.15) is 4.31 Å². The number of anilines is 1. The summed E-state index contributed by atoms with van der Waals surface area (Å²) >= 11 is 0. The summed E-state index contributed by atoms with van der Waals surface area (Å²) in [5, 5.41) is 14.6. The van der Waals surface area contributed by atoms with Gasteiger partial charge >= 0.3 is 0 Å². The van der Waals surface area contributed by atoms with Gasteiger partial charge in [-0.3, -0.25) is 10.1 Å². The number of hydrogen-bond donors (Lipinski definition) is 1. The topological polar surface area (TPSA) is 111 Å². The van der Waals surface area contributed by atoms with Crippen molar-refractivity contribution in [1.29, 1.82) is 0 Å². The molecule has 32 heavy (non-hydrogen) atoms. The van der Waals surface area contributed by atoms with Crippen LogP contribution in [0.2, 0.25) is 0 Å². The molecule has 0 atom stereocenters. The van der Waals surface area contributed by atoms with Crippen LogP contribution < -0.4 is 10.1 Å². The van der Waals surface area contributed by atoms with Gasteiger partial charge in [-0.15, -0.1) is 0 Å². The molecule has 2 aliphatic rings. The van der Waals surface area contributed by atoms with E-state index in [4.69, 9.17) is 9.47 Å². The zero-order valence-corrected chi connectivity index (χ0v) is 18.2. The molecule has 0 aromatic heterocycles. The normalized spacial score (nSPS) is 16.8. The van der Waals surface area contributed by atoms with Crippen LogP contribution in [0.15, 0.2) is 35.2 Å². The number of benzene rings is 2. The second-order valence-electron chi connectivity index (χ2n) is 7.74. The van der Waals surface area contributed by atoms with E-state index in [1.54, 1.807) is 0 Å². The quantitative estimate of drug-likeness (QED) is 0.493. The highest BCUT2D eigenvalue weighted by Gasteiger charge is 2.28. The van der Waals surface area contributed by atoms with E-state index in [2.05, 4.69) is 5.32 Å². The summed E-state index contributed by atoms with van der Waals surface area (Å²) in [5.41, 5.74) is 1.11. The lowest BCUT2D eigenvalue weighted by Crippen LogP contribution is -2.35. The van der Waals surface area contributed by atoms with Crippen molar-refractivity contribution >= 4 is 21.4 Å². The average Bonchev–Trinajstić information content (AvgIpc) is 2.79. The molecule has 0 radical (unpaired) electrons. The fourth-order valence-corrected chi connectivity index (χ4v) is 5.54. The first-order valence-electron chi connectivity index (χ1n) is 10.4. The van der Waals surface area contributed by atoms with Gasteiger partial charge in [0.1, 0.15) is 17.3 Å². The van der Waals surface area contributed by atoms with Gasteiger partial charge in [0, 0.05) is 31.3 Å². The van der Waals surface area contributed by atoms with E-state index in [1.807, 2.05) is 0 Å². The lowest BCUT2D eigenvalue weighted by atomic mass is 10.1. The number of halogens is 1. The number of piperidine rings is 1. The van der Waals surface area contributed by atoms with Crippen LogP contribution in [-0.2, 0) is 27.8 Å². The maximum absolute atomic E-state index is 13.9. The summed E-state index contributed by atoms with van der Waals surface area (Å²) in [6, 6.07) is 6.60. The number of nitro benzene ring substituents is 1. The SMILES string of the molecule is O=[N+]([O-])c1cc(S(=O)(=O)N2CCCCC2)ccc1NCCc1cc(F)cc2c1OCOC2. The molecule has 1 saturated heterocycles. The van der Waals surface area contributed by atoms with E-state index in [0.717, 1.165) is 25.3 Å². The maximum Gasteiger partial charge on any atom is 0.293 e. The predicted molar refractivity (Wildman–Crippen MR) is 115 cm³/mol. The van der Waals surface area contributed by atoms with Gasteiger partial charge in [0.05, 0.1) is 16.4 Å². The molecule has 0 unspecified atom stereocenters. The molecule has 9 nitrogen and oxygen atoms in total. The Kier molecular flexibility index (Phi) is 6.58. The van der Waals surface area contributed by atoms with E-state index in [-0.39, 0.29) is 36.2 Å². The molecule has 0 amide bonds. The van der Waals surface area contributed by atoms with E-state index in [0.29, 0.717) is 36.4 Å². The van der Waals surface area contributed by atoms with Crippen LogP contribution in [0.5, 0.6) is 5.75 Å². The Hall–Kier alpha value is -2.76. The number of nitro groups is 1. The van der Waals surface area contributed by atoms with Gasteiger partial charge in [-0.25, -0.2) is 12.8 Å². The van der Waals surface area contributed by atoms with E-state index in [9.17, 15) is 22.9 Å². The fourth-order valence-electron chi connectivity index (χ4n) is 4.00. The molecular formula is C21H24FN3O6S. The van der Waals surface area contributed by atoms with Crippen molar-refractivity contribution in [3.63, 3.8) is 0 Å². The number of sulfonamides is 1. The van der Waals surface area contributed by atoms with E-state index < -0.39 is 20.8 Å². The summed E-state index contributed by atoms with van der Waals surface area (Å²) in [6.07, 6.45) is 2.88. The molecule has 4 rings (SSSR count). The Morgan fingerprint density at radius 2 is 1.94 bits per heavy atom. The van der Waals surface area contributed by atoms with Crippen LogP contribution in [0.4, 0.5) is 15.8 Å². The average molecular weight is 466 g/mol.